The number of likely N-dealkylation sites (tertiary alicyclic amines) is 1. The second-order valence-corrected chi connectivity index (χ2v) is 11.7. The van der Waals surface area contributed by atoms with Gasteiger partial charge in [0.15, 0.2) is 5.78 Å². The SMILES string of the molecule is CC(=O)C(CC1CCC1)NC(=O)[C@@H]1CCCN1C(=O)C(NC(=O)NCC(=O)OCc1ccccc1)C(C)(C)C. The van der Waals surface area contributed by atoms with Crippen molar-refractivity contribution in [2.45, 2.75) is 91.0 Å². The van der Waals surface area contributed by atoms with Crippen molar-refractivity contribution in [3.63, 3.8) is 0 Å². The molecule has 1 saturated heterocycles. The third kappa shape index (κ3) is 8.80. The van der Waals surface area contributed by atoms with Gasteiger partial charge in [0, 0.05) is 6.54 Å². The highest BCUT2D eigenvalue weighted by molar-refractivity contribution is 5.95. The third-order valence-corrected chi connectivity index (χ3v) is 7.46. The van der Waals surface area contributed by atoms with Crippen LogP contribution in [0.3, 0.4) is 0 Å². The molecule has 1 aromatic carbocycles. The number of urea groups is 1. The molecule has 1 saturated carbocycles. The normalized spacial score (nSPS) is 18.9. The number of amides is 4. The molecule has 2 aliphatic rings. The molecule has 1 aliphatic heterocycles. The Balaban J connectivity index is 1.56. The zero-order chi connectivity index (χ0) is 28.6. The van der Waals surface area contributed by atoms with E-state index in [0.717, 1.165) is 24.8 Å². The van der Waals surface area contributed by atoms with Crippen LogP contribution in [0.1, 0.15) is 71.8 Å². The lowest BCUT2D eigenvalue weighted by Gasteiger charge is -2.36. The Morgan fingerprint density at radius 3 is 2.28 bits per heavy atom. The molecule has 1 heterocycles. The Bertz CT molecular complexity index is 1030. The van der Waals surface area contributed by atoms with Crippen molar-refractivity contribution in [3.05, 3.63) is 35.9 Å². The van der Waals surface area contributed by atoms with Gasteiger partial charge in [-0.15, -0.1) is 0 Å². The zero-order valence-corrected chi connectivity index (χ0v) is 23.5. The van der Waals surface area contributed by atoms with Crippen LogP contribution >= 0.6 is 0 Å². The van der Waals surface area contributed by atoms with Gasteiger partial charge in [0.2, 0.25) is 11.8 Å². The second kappa shape index (κ2) is 13.6. The topological polar surface area (TPSA) is 134 Å². The zero-order valence-electron chi connectivity index (χ0n) is 23.5. The smallest absolute Gasteiger partial charge is 0.325 e. The van der Waals surface area contributed by atoms with Crippen LogP contribution in [0.5, 0.6) is 0 Å². The lowest BCUT2D eigenvalue weighted by molar-refractivity contribution is -0.143. The van der Waals surface area contributed by atoms with Crippen LogP contribution in [0.25, 0.3) is 0 Å². The minimum atomic E-state index is -0.940. The van der Waals surface area contributed by atoms with Crippen molar-refractivity contribution in [1.29, 1.82) is 0 Å². The van der Waals surface area contributed by atoms with Gasteiger partial charge in [-0.1, -0.05) is 70.4 Å². The van der Waals surface area contributed by atoms with Gasteiger partial charge in [0.05, 0.1) is 6.04 Å². The summed E-state index contributed by atoms with van der Waals surface area (Å²) < 4.78 is 5.18. The molecule has 1 aromatic rings. The van der Waals surface area contributed by atoms with Crippen LogP contribution in [-0.2, 0) is 30.5 Å². The number of carbonyl (C=O) groups excluding carboxylic acids is 5. The second-order valence-electron chi connectivity index (χ2n) is 11.7. The first-order valence-corrected chi connectivity index (χ1v) is 13.8. The highest BCUT2D eigenvalue weighted by Gasteiger charge is 2.42. The van der Waals surface area contributed by atoms with Crippen molar-refractivity contribution in [3.8, 4) is 0 Å². The molecular formula is C29H42N4O6. The van der Waals surface area contributed by atoms with Gasteiger partial charge >= 0.3 is 12.0 Å². The van der Waals surface area contributed by atoms with Crippen molar-refractivity contribution in [1.82, 2.24) is 20.9 Å². The molecule has 10 heteroatoms. The maximum atomic E-state index is 13.6. The van der Waals surface area contributed by atoms with E-state index in [1.165, 1.54) is 11.8 Å². The molecule has 0 spiro atoms. The van der Waals surface area contributed by atoms with Gasteiger partial charge in [0.25, 0.3) is 0 Å². The first-order chi connectivity index (χ1) is 18.5. The fraction of sp³-hybridized carbons (Fsp3) is 0.621. The van der Waals surface area contributed by atoms with Gasteiger partial charge in [-0.05, 0) is 43.1 Å². The highest BCUT2D eigenvalue weighted by atomic mass is 16.5. The van der Waals surface area contributed by atoms with E-state index in [-0.39, 0.29) is 30.7 Å². The van der Waals surface area contributed by atoms with Gasteiger partial charge < -0.3 is 25.6 Å². The lowest BCUT2D eigenvalue weighted by Crippen LogP contribution is -2.60. The quantitative estimate of drug-likeness (QED) is 0.368. The minimum absolute atomic E-state index is 0.0840. The fourth-order valence-electron chi connectivity index (χ4n) is 4.90. The van der Waals surface area contributed by atoms with Crippen LogP contribution in [0.4, 0.5) is 4.79 Å². The summed E-state index contributed by atoms with van der Waals surface area (Å²) >= 11 is 0. The number of hydrogen-bond acceptors (Lipinski definition) is 6. The summed E-state index contributed by atoms with van der Waals surface area (Å²) in [5.74, 6) is -0.951. The number of rotatable bonds is 11. The number of ether oxygens (including phenoxy) is 1. The van der Waals surface area contributed by atoms with Crippen molar-refractivity contribution < 1.29 is 28.7 Å². The highest BCUT2D eigenvalue weighted by Crippen LogP contribution is 2.31. The van der Waals surface area contributed by atoms with Crippen LogP contribution in [0.15, 0.2) is 30.3 Å². The molecule has 3 N–H and O–H groups in total. The Morgan fingerprint density at radius 2 is 1.69 bits per heavy atom. The molecule has 4 amide bonds. The summed E-state index contributed by atoms with van der Waals surface area (Å²) in [6.45, 7) is 7.06. The average Bonchev–Trinajstić information content (AvgIpc) is 3.35. The molecule has 214 valence electrons. The molecule has 10 nitrogen and oxygen atoms in total. The molecule has 2 unspecified atom stereocenters. The molecule has 0 bridgehead atoms. The molecule has 0 radical (unpaired) electrons. The van der Waals surface area contributed by atoms with Gasteiger partial charge in [-0.3, -0.25) is 19.2 Å². The first-order valence-electron chi connectivity index (χ1n) is 13.8. The van der Waals surface area contributed by atoms with E-state index < -0.39 is 35.5 Å². The average molecular weight is 543 g/mol. The number of ketones is 1. The van der Waals surface area contributed by atoms with Crippen LogP contribution < -0.4 is 16.0 Å². The maximum absolute atomic E-state index is 13.6. The summed E-state index contributed by atoms with van der Waals surface area (Å²) in [6, 6.07) is 6.31. The molecule has 3 atom stereocenters. The van der Waals surface area contributed by atoms with E-state index >= 15 is 0 Å². The number of hydrogen-bond donors (Lipinski definition) is 3. The summed E-state index contributed by atoms with van der Waals surface area (Å²) in [5, 5.41) is 8.03. The number of benzene rings is 1. The van der Waals surface area contributed by atoms with E-state index in [4.69, 9.17) is 4.74 Å². The van der Waals surface area contributed by atoms with Crippen molar-refractivity contribution in [2.75, 3.05) is 13.1 Å². The lowest BCUT2D eigenvalue weighted by atomic mass is 9.80. The van der Waals surface area contributed by atoms with Crippen molar-refractivity contribution in [2.24, 2.45) is 11.3 Å². The van der Waals surface area contributed by atoms with Crippen LogP contribution in [0.2, 0.25) is 0 Å². The summed E-state index contributed by atoms with van der Waals surface area (Å²) in [5.41, 5.74) is 0.161. The summed E-state index contributed by atoms with van der Waals surface area (Å²) in [4.78, 5) is 65.2. The molecule has 1 aliphatic carbocycles. The Morgan fingerprint density at radius 1 is 1.00 bits per heavy atom. The molecule has 39 heavy (non-hydrogen) atoms. The van der Waals surface area contributed by atoms with Crippen molar-refractivity contribution >= 4 is 29.6 Å². The number of esters is 1. The standard InChI is InChI=1S/C29H42N4O6/c1-19(34)22(16-20-12-8-13-20)31-26(36)23-14-9-15-33(23)27(37)25(29(2,3)4)32-28(38)30-17-24(35)39-18-21-10-6-5-7-11-21/h5-7,10-11,20,22-23,25H,8-9,12-18H2,1-4H3,(H,31,36)(H2,30,32,38)/t22?,23-,25?/m0/s1. The molecule has 2 fully saturated rings. The molecule has 0 aromatic heterocycles. The predicted octanol–water partition coefficient (Wildman–Crippen LogP) is 2.70. The number of Topliss-reactive ketones (excluding diaryl/α,β-unsaturated/α-hetero) is 1. The van der Waals surface area contributed by atoms with Gasteiger partial charge in [-0.25, -0.2) is 4.79 Å². The fourth-order valence-corrected chi connectivity index (χ4v) is 4.90. The minimum Gasteiger partial charge on any atom is -0.460 e. The van der Waals surface area contributed by atoms with E-state index in [1.807, 2.05) is 51.1 Å². The van der Waals surface area contributed by atoms with E-state index in [9.17, 15) is 24.0 Å². The monoisotopic (exact) mass is 542 g/mol. The number of nitrogens with zero attached hydrogens (tertiary/aromatic N) is 1. The van der Waals surface area contributed by atoms with E-state index in [1.54, 1.807) is 0 Å². The summed E-state index contributed by atoms with van der Waals surface area (Å²) in [6.07, 6.45) is 5.05. The number of carbonyl (C=O) groups is 5. The number of nitrogens with one attached hydrogen (secondary N) is 3. The molecule has 3 rings (SSSR count). The largest absolute Gasteiger partial charge is 0.460 e. The van der Waals surface area contributed by atoms with E-state index in [0.29, 0.717) is 31.7 Å². The van der Waals surface area contributed by atoms with Gasteiger partial charge in [0.1, 0.15) is 25.2 Å². The third-order valence-electron chi connectivity index (χ3n) is 7.46. The Hall–Kier alpha value is -3.43. The van der Waals surface area contributed by atoms with Crippen LogP contribution in [-0.4, -0.2) is 65.7 Å². The first kappa shape index (κ1) is 30.1. The van der Waals surface area contributed by atoms with Gasteiger partial charge in [-0.2, -0.15) is 0 Å². The summed E-state index contributed by atoms with van der Waals surface area (Å²) in [7, 11) is 0. The predicted molar refractivity (Wildman–Crippen MR) is 145 cm³/mol. The molecular weight excluding hydrogens is 500 g/mol. The Kier molecular flexibility index (Phi) is 10.5. The Labute approximate surface area is 230 Å². The van der Waals surface area contributed by atoms with Crippen LogP contribution in [0, 0.1) is 11.3 Å². The maximum Gasteiger partial charge on any atom is 0.325 e. The van der Waals surface area contributed by atoms with E-state index in [2.05, 4.69) is 16.0 Å².